The van der Waals surface area contributed by atoms with E-state index in [9.17, 15) is 18.0 Å². The van der Waals surface area contributed by atoms with Gasteiger partial charge in [-0.2, -0.15) is 13.2 Å². The zero-order chi connectivity index (χ0) is 14.8. The number of carbonyl (C=O) groups is 1. The van der Waals surface area contributed by atoms with Crippen molar-refractivity contribution in [1.82, 2.24) is 10.6 Å². The van der Waals surface area contributed by atoms with Gasteiger partial charge in [0.2, 0.25) is 5.91 Å². The molecule has 1 aliphatic rings. The molecule has 110 valence electrons. The Balaban J connectivity index is 2.16. The second-order valence-electron chi connectivity index (χ2n) is 5.02. The molecule has 0 bridgehead atoms. The number of amides is 1. The van der Waals surface area contributed by atoms with Crippen molar-refractivity contribution in [3.8, 4) is 0 Å². The number of benzene rings is 1. The van der Waals surface area contributed by atoms with Crippen molar-refractivity contribution in [2.75, 3.05) is 20.1 Å². The van der Waals surface area contributed by atoms with E-state index in [1.807, 2.05) is 0 Å². The number of carbonyl (C=O) groups excluding carboxylic acids is 1. The molecule has 1 amide bonds. The molecule has 1 aliphatic carbocycles. The van der Waals surface area contributed by atoms with Gasteiger partial charge in [0.15, 0.2) is 0 Å². The first-order valence-corrected chi connectivity index (χ1v) is 6.51. The number of alkyl halides is 3. The second-order valence-corrected chi connectivity index (χ2v) is 5.02. The van der Waals surface area contributed by atoms with Crippen molar-refractivity contribution in [3.05, 3.63) is 35.4 Å². The predicted molar refractivity (Wildman–Crippen MR) is 69.3 cm³/mol. The van der Waals surface area contributed by atoms with Gasteiger partial charge < -0.3 is 10.6 Å². The van der Waals surface area contributed by atoms with Crippen LogP contribution in [0.1, 0.15) is 24.0 Å². The lowest BCUT2D eigenvalue weighted by molar-refractivity contribution is -0.137. The lowest BCUT2D eigenvalue weighted by Crippen LogP contribution is -2.38. The lowest BCUT2D eigenvalue weighted by Gasteiger charge is -2.17. The number of hydrogen-bond donors (Lipinski definition) is 2. The molecule has 0 aromatic heterocycles. The zero-order valence-electron chi connectivity index (χ0n) is 11.2. The van der Waals surface area contributed by atoms with E-state index in [1.165, 1.54) is 6.07 Å². The first-order valence-electron chi connectivity index (χ1n) is 6.51. The fourth-order valence-electron chi connectivity index (χ4n) is 2.24. The van der Waals surface area contributed by atoms with Crippen LogP contribution < -0.4 is 10.6 Å². The van der Waals surface area contributed by atoms with Gasteiger partial charge >= 0.3 is 6.18 Å². The smallest absolute Gasteiger partial charge is 0.354 e. The van der Waals surface area contributed by atoms with Crippen LogP contribution in [0.5, 0.6) is 0 Å². The summed E-state index contributed by atoms with van der Waals surface area (Å²) in [6.07, 6.45) is -3.19. The summed E-state index contributed by atoms with van der Waals surface area (Å²) in [5.41, 5.74) is -1.02. The fourth-order valence-corrected chi connectivity index (χ4v) is 2.24. The Kier molecular flexibility index (Phi) is 4.04. The molecular formula is C14H17F3N2O. The Morgan fingerprint density at radius 2 is 2.00 bits per heavy atom. The van der Waals surface area contributed by atoms with Gasteiger partial charge in [-0.15, -0.1) is 0 Å². The van der Waals surface area contributed by atoms with Crippen molar-refractivity contribution in [2.45, 2.75) is 24.4 Å². The zero-order valence-corrected chi connectivity index (χ0v) is 11.2. The third kappa shape index (κ3) is 2.95. The lowest BCUT2D eigenvalue weighted by atomic mass is 9.93. The largest absolute Gasteiger partial charge is 0.416 e. The van der Waals surface area contributed by atoms with Crippen LogP contribution in [0.15, 0.2) is 24.3 Å². The van der Waals surface area contributed by atoms with Crippen LogP contribution in [0.3, 0.4) is 0 Å². The molecule has 1 saturated carbocycles. The minimum Gasteiger partial charge on any atom is -0.354 e. The first-order chi connectivity index (χ1) is 9.40. The minimum absolute atomic E-state index is 0.188. The monoisotopic (exact) mass is 286 g/mol. The first kappa shape index (κ1) is 14.8. The van der Waals surface area contributed by atoms with E-state index in [1.54, 1.807) is 13.1 Å². The summed E-state index contributed by atoms with van der Waals surface area (Å²) in [7, 11) is 1.77. The van der Waals surface area contributed by atoms with Crippen molar-refractivity contribution in [3.63, 3.8) is 0 Å². The maximum absolute atomic E-state index is 12.7. The van der Waals surface area contributed by atoms with Gasteiger partial charge in [-0.05, 0) is 31.5 Å². The van der Waals surface area contributed by atoms with E-state index in [0.717, 1.165) is 12.1 Å². The maximum atomic E-state index is 12.7. The van der Waals surface area contributed by atoms with E-state index in [4.69, 9.17) is 0 Å². The topological polar surface area (TPSA) is 41.1 Å². The van der Waals surface area contributed by atoms with Crippen LogP contribution in [0, 0.1) is 0 Å². The van der Waals surface area contributed by atoms with Crippen LogP contribution in [-0.2, 0) is 16.4 Å². The number of rotatable bonds is 5. The Hall–Kier alpha value is -1.56. The quantitative estimate of drug-likeness (QED) is 0.814. The summed E-state index contributed by atoms with van der Waals surface area (Å²) in [4.78, 5) is 12.1. The van der Waals surface area contributed by atoms with Crippen molar-refractivity contribution < 1.29 is 18.0 Å². The third-order valence-electron chi connectivity index (χ3n) is 3.59. The van der Waals surface area contributed by atoms with Crippen LogP contribution in [0.4, 0.5) is 13.2 Å². The molecule has 0 saturated heterocycles. The molecular weight excluding hydrogens is 269 g/mol. The number of nitrogens with one attached hydrogen (secondary N) is 2. The van der Waals surface area contributed by atoms with Gasteiger partial charge in [0.25, 0.3) is 0 Å². The summed E-state index contributed by atoms with van der Waals surface area (Å²) in [6.45, 7) is 1.10. The average Bonchev–Trinajstić information content (AvgIpc) is 3.19. The standard InChI is InChI=1S/C14H17F3N2O/c1-18-7-8-19-12(20)13(5-6-13)10-3-2-4-11(9-10)14(15,16)17/h2-4,9,18H,5-8H2,1H3,(H,19,20). The van der Waals surface area contributed by atoms with E-state index >= 15 is 0 Å². The molecule has 2 rings (SSSR count). The number of hydrogen-bond acceptors (Lipinski definition) is 2. The molecule has 0 atom stereocenters. The normalized spacial score (nSPS) is 16.8. The number of likely N-dealkylation sites (N-methyl/N-ethyl adjacent to an activating group) is 1. The van der Waals surface area contributed by atoms with Gasteiger partial charge in [-0.25, -0.2) is 0 Å². The van der Waals surface area contributed by atoms with Crippen LogP contribution >= 0.6 is 0 Å². The van der Waals surface area contributed by atoms with Crippen LogP contribution in [0.2, 0.25) is 0 Å². The molecule has 0 unspecified atom stereocenters. The molecule has 20 heavy (non-hydrogen) atoms. The van der Waals surface area contributed by atoms with Crippen molar-refractivity contribution >= 4 is 5.91 Å². The highest BCUT2D eigenvalue weighted by Gasteiger charge is 2.51. The Morgan fingerprint density at radius 1 is 1.30 bits per heavy atom. The molecule has 1 aromatic carbocycles. The highest BCUT2D eigenvalue weighted by molar-refractivity contribution is 5.91. The number of halogens is 3. The maximum Gasteiger partial charge on any atom is 0.416 e. The fraction of sp³-hybridized carbons (Fsp3) is 0.500. The van der Waals surface area contributed by atoms with Crippen molar-refractivity contribution in [1.29, 1.82) is 0 Å². The van der Waals surface area contributed by atoms with Gasteiger partial charge in [0, 0.05) is 13.1 Å². The van der Waals surface area contributed by atoms with Crippen molar-refractivity contribution in [2.24, 2.45) is 0 Å². The Bertz CT molecular complexity index is 495. The molecule has 6 heteroatoms. The van der Waals surface area contributed by atoms with Gasteiger partial charge in [-0.1, -0.05) is 18.2 Å². The van der Waals surface area contributed by atoms with Gasteiger partial charge in [-0.3, -0.25) is 4.79 Å². The summed E-state index contributed by atoms with van der Waals surface area (Å²) >= 11 is 0. The summed E-state index contributed by atoms with van der Waals surface area (Å²) in [5, 5.41) is 5.66. The molecule has 1 aromatic rings. The average molecular weight is 286 g/mol. The van der Waals surface area contributed by atoms with E-state index in [-0.39, 0.29) is 5.91 Å². The molecule has 1 fully saturated rings. The summed E-state index contributed by atoms with van der Waals surface area (Å²) in [5.74, 6) is -0.188. The molecule has 3 nitrogen and oxygen atoms in total. The summed E-state index contributed by atoms with van der Waals surface area (Å²) < 4.78 is 38.2. The molecule has 0 radical (unpaired) electrons. The van der Waals surface area contributed by atoms with Crippen LogP contribution in [0.25, 0.3) is 0 Å². The molecule has 0 aliphatic heterocycles. The highest BCUT2D eigenvalue weighted by atomic mass is 19.4. The Morgan fingerprint density at radius 3 is 2.55 bits per heavy atom. The summed E-state index contributed by atoms with van der Waals surface area (Å²) in [6, 6.07) is 5.07. The second kappa shape index (κ2) is 5.44. The Labute approximate surface area is 115 Å². The molecule has 0 spiro atoms. The van der Waals surface area contributed by atoms with Gasteiger partial charge in [0.1, 0.15) is 0 Å². The molecule has 0 heterocycles. The minimum atomic E-state index is -4.38. The SMILES string of the molecule is CNCCNC(=O)C1(c2cccc(C(F)(F)F)c2)CC1. The van der Waals surface area contributed by atoms with E-state index in [2.05, 4.69) is 10.6 Å². The van der Waals surface area contributed by atoms with Crippen LogP contribution in [-0.4, -0.2) is 26.0 Å². The van der Waals surface area contributed by atoms with E-state index in [0.29, 0.717) is 31.5 Å². The predicted octanol–water partition coefficient (Wildman–Crippen LogP) is 2.07. The van der Waals surface area contributed by atoms with E-state index < -0.39 is 17.2 Å². The van der Waals surface area contributed by atoms with Gasteiger partial charge in [0.05, 0.1) is 11.0 Å². The highest BCUT2D eigenvalue weighted by Crippen LogP contribution is 2.49. The third-order valence-corrected chi connectivity index (χ3v) is 3.59. The molecule has 2 N–H and O–H groups in total.